The third-order valence-electron chi connectivity index (χ3n) is 5.17. The molecule has 27 heavy (non-hydrogen) atoms. The van der Waals surface area contributed by atoms with Gasteiger partial charge in [-0.1, -0.05) is 0 Å². The smallest absolute Gasteiger partial charge is 0.267 e. The number of nitrogens with zero attached hydrogens (tertiary/aromatic N) is 5. The van der Waals surface area contributed by atoms with Gasteiger partial charge < -0.3 is 10.2 Å². The topological polar surface area (TPSA) is 93.0 Å². The molecule has 1 unspecified atom stereocenters. The number of hydrogen-bond donors (Lipinski definition) is 1. The van der Waals surface area contributed by atoms with Crippen molar-refractivity contribution in [2.24, 2.45) is 0 Å². The van der Waals surface area contributed by atoms with Gasteiger partial charge in [0.05, 0.1) is 5.69 Å². The standard InChI is InChI=1S/C19H24N6O2/c1-13(25-18(26)8-7-15(23-25)14-5-6-14)19(27)22-16-11-17(21-12-20-16)24-9-3-2-4-10-24/h7-8,11-14H,2-6,9-10H2,1H3,(H,20,21,22,27). The average molecular weight is 368 g/mol. The molecule has 1 aliphatic carbocycles. The first-order chi connectivity index (χ1) is 13.1. The van der Waals surface area contributed by atoms with Crippen LogP contribution in [0.3, 0.4) is 0 Å². The van der Waals surface area contributed by atoms with Crippen LogP contribution in [0.1, 0.15) is 56.7 Å². The van der Waals surface area contributed by atoms with E-state index in [0.717, 1.165) is 50.3 Å². The van der Waals surface area contributed by atoms with E-state index in [0.29, 0.717) is 11.7 Å². The van der Waals surface area contributed by atoms with Crippen LogP contribution in [0.5, 0.6) is 0 Å². The molecule has 1 atom stereocenters. The molecule has 1 saturated carbocycles. The third kappa shape index (κ3) is 3.99. The maximum absolute atomic E-state index is 12.7. The van der Waals surface area contributed by atoms with E-state index < -0.39 is 6.04 Å². The summed E-state index contributed by atoms with van der Waals surface area (Å²) < 4.78 is 1.26. The predicted molar refractivity (Wildman–Crippen MR) is 102 cm³/mol. The van der Waals surface area contributed by atoms with Crippen molar-refractivity contribution in [3.05, 3.63) is 40.6 Å². The highest BCUT2D eigenvalue weighted by atomic mass is 16.2. The maximum atomic E-state index is 12.7. The van der Waals surface area contributed by atoms with Crippen molar-refractivity contribution in [1.29, 1.82) is 0 Å². The second kappa shape index (κ2) is 7.46. The van der Waals surface area contributed by atoms with Gasteiger partial charge in [-0.3, -0.25) is 9.59 Å². The molecule has 4 rings (SSSR count). The van der Waals surface area contributed by atoms with E-state index in [1.807, 2.05) is 0 Å². The largest absolute Gasteiger partial charge is 0.356 e. The summed E-state index contributed by atoms with van der Waals surface area (Å²) in [6.45, 7) is 3.61. The van der Waals surface area contributed by atoms with Crippen LogP contribution in [0.4, 0.5) is 11.6 Å². The van der Waals surface area contributed by atoms with Crippen molar-refractivity contribution >= 4 is 17.5 Å². The molecule has 3 heterocycles. The van der Waals surface area contributed by atoms with Crippen LogP contribution < -0.4 is 15.8 Å². The van der Waals surface area contributed by atoms with E-state index in [2.05, 4.69) is 25.3 Å². The molecular weight excluding hydrogens is 344 g/mol. The van der Waals surface area contributed by atoms with Gasteiger partial charge >= 0.3 is 0 Å². The average Bonchev–Trinajstić information content (AvgIpc) is 3.54. The summed E-state index contributed by atoms with van der Waals surface area (Å²) in [6, 6.07) is 4.32. The van der Waals surface area contributed by atoms with Crippen molar-refractivity contribution in [2.75, 3.05) is 23.3 Å². The van der Waals surface area contributed by atoms with Crippen molar-refractivity contribution < 1.29 is 4.79 Å². The zero-order valence-corrected chi connectivity index (χ0v) is 15.5. The molecule has 0 spiro atoms. The van der Waals surface area contributed by atoms with Gasteiger partial charge in [0, 0.05) is 31.1 Å². The Labute approximate surface area is 157 Å². The van der Waals surface area contributed by atoms with E-state index in [9.17, 15) is 9.59 Å². The quantitative estimate of drug-likeness (QED) is 0.869. The molecule has 1 amide bonds. The first-order valence-corrected chi connectivity index (χ1v) is 9.59. The highest BCUT2D eigenvalue weighted by molar-refractivity contribution is 5.92. The lowest BCUT2D eigenvalue weighted by molar-refractivity contribution is -0.119. The number of amides is 1. The summed E-state index contributed by atoms with van der Waals surface area (Å²) in [7, 11) is 0. The first-order valence-electron chi connectivity index (χ1n) is 9.59. The number of anilines is 2. The highest BCUT2D eigenvalue weighted by Crippen LogP contribution is 2.38. The normalized spacial score (nSPS) is 18.2. The fraction of sp³-hybridized carbons (Fsp3) is 0.526. The number of nitrogens with one attached hydrogen (secondary N) is 1. The third-order valence-corrected chi connectivity index (χ3v) is 5.17. The minimum Gasteiger partial charge on any atom is -0.356 e. The number of aromatic nitrogens is 4. The second-order valence-electron chi connectivity index (χ2n) is 7.29. The summed E-state index contributed by atoms with van der Waals surface area (Å²) in [4.78, 5) is 35.5. The molecule has 1 saturated heterocycles. The Morgan fingerprint density at radius 3 is 2.70 bits per heavy atom. The number of piperidine rings is 1. The van der Waals surface area contributed by atoms with Crippen molar-refractivity contribution in [2.45, 2.75) is 51.0 Å². The van der Waals surface area contributed by atoms with Gasteiger partial charge in [-0.2, -0.15) is 5.10 Å². The lowest BCUT2D eigenvalue weighted by atomic mass is 10.1. The van der Waals surface area contributed by atoms with Gasteiger partial charge in [0.15, 0.2) is 0 Å². The first kappa shape index (κ1) is 17.6. The van der Waals surface area contributed by atoms with E-state index in [1.54, 1.807) is 19.1 Å². The maximum Gasteiger partial charge on any atom is 0.267 e. The number of carbonyl (C=O) groups excluding carboxylic acids is 1. The molecule has 8 heteroatoms. The summed E-state index contributed by atoms with van der Waals surface area (Å²) in [6.07, 6.45) is 7.17. The molecule has 8 nitrogen and oxygen atoms in total. The second-order valence-corrected chi connectivity index (χ2v) is 7.29. The minimum atomic E-state index is -0.718. The van der Waals surface area contributed by atoms with E-state index in [4.69, 9.17) is 0 Å². The summed E-state index contributed by atoms with van der Waals surface area (Å²) >= 11 is 0. The molecular formula is C19H24N6O2. The van der Waals surface area contributed by atoms with E-state index >= 15 is 0 Å². The molecule has 142 valence electrons. The number of rotatable bonds is 5. The van der Waals surface area contributed by atoms with Gasteiger partial charge in [-0.05, 0) is 45.1 Å². The van der Waals surface area contributed by atoms with Gasteiger partial charge in [-0.25, -0.2) is 14.6 Å². The summed E-state index contributed by atoms with van der Waals surface area (Å²) in [5.74, 6) is 1.36. The van der Waals surface area contributed by atoms with Gasteiger partial charge in [0.2, 0.25) is 5.91 Å². The van der Waals surface area contributed by atoms with Crippen molar-refractivity contribution in [3.63, 3.8) is 0 Å². The van der Waals surface area contributed by atoms with Crippen LogP contribution in [-0.4, -0.2) is 38.7 Å². The van der Waals surface area contributed by atoms with Crippen LogP contribution >= 0.6 is 0 Å². The van der Waals surface area contributed by atoms with Gasteiger partial charge in [-0.15, -0.1) is 0 Å². The Balaban J connectivity index is 1.48. The Bertz CT molecular complexity index is 886. The zero-order valence-electron chi connectivity index (χ0n) is 15.5. The number of hydrogen-bond acceptors (Lipinski definition) is 6. The SMILES string of the molecule is CC(C(=O)Nc1cc(N2CCCCC2)ncn1)n1nc(C2CC2)ccc1=O. The summed E-state index contributed by atoms with van der Waals surface area (Å²) in [5, 5.41) is 7.19. The van der Waals surface area contributed by atoms with Crippen LogP contribution in [0.15, 0.2) is 29.3 Å². The molecule has 2 fully saturated rings. The fourth-order valence-corrected chi connectivity index (χ4v) is 3.37. The lowest BCUT2D eigenvalue weighted by Gasteiger charge is -2.27. The Kier molecular flexibility index (Phi) is 4.87. The molecule has 0 aromatic carbocycles. The van der Waals surface area contributed by atoms with Crippen LogP contribution in [0.25, 0.3) is 0 Å². The van der Waals surface area contributed by atoms with Gasteiger partial charge in [0.1, 0.15) is 24.0 Å². The van der Waals surface area contributed by atoms with Gasteiger partial charge in [0.25, 0.3) is 5.56 Å². The Hall–Kier alpha value is -2.77. The monoisotopic (exact) mass is 368 g/mol. The van der Waals surface area contributed by atoms with Crippen LogP contribution in [-0.2, 0) is 4.79 Å². The fourth-order valence-electron chi connectivity index (χ4n) is 3.37. The van der Waals surface area contributed by atoms with E-state index in [-0.39, 0.29) is 11.5 Å². The van der Waals surface area contributed by atoms with Crippen LogP contribution in [0, 0.1) is 0 Å². The predicted octanol–water partition coefficient (Wildman–Crippen LogP) is 2.10. The molecule has 1 aliphatic heterocycles. The zero-order chi connectivity index (χ0) is 18.8. The Morgan fingerprint density at radius 2 is 1.96 bits per heavy atom. The number of carbonyl (C=O) groups is 1. The molecule has 2 aromatic rings. The molecule has 0 radical (unpaired) electrons. The molecule has 0 bridgehead atoms. The lowest BCUT2D eigenvalue weighted by Crippen LogP contribution is -2.34. The van der Waals surface area contributed by atoms with Crippen molar-refractivity contribution in [1.82, 2.24) is 19.7 Å². The summed E-state index contributed by atoms with van der Waals surface area (Å²) in [5.41, 5.74) is 0.599. The van der Waals surface area contributed by atoms with Crippen LogP contribution in [0.2, 0.25) is 0 Å². The Morgan fingerprint density at radius 1 is 1.19 bits per heavy atom. The van der Waals surface area contributed by atoms with Crippen molar-refractivity contribution in [3.8, 4) is 0 Å². The molecule has 2 aliphatic rings. The molecule has 2 aromatic heterocycles. The minimum absolute atomic E-state index is 0.279. The molecule has 1 N–H and O–H groups in total. The highest BCUT2D eigenvalue weighted by Gasteiger charge is 2.27. The van der Waals surface area contributed by atoms with E-state index in [1.165, 1.54) is 23.5 Å².